The first kappa shape index (κ1) is 13.5. The van der Waals surface area contributed by atoms with E-state index in [0.29, 0.717) is 10.7 Å². The number of phenolic OH excluding ortho intramolecular Hbond substituents is 1. The summed E-state index contributed by atoms with van der Waals surface area (Å²) in [6.07, 6.45) is 5.66. The van der Waals surface area contributed by atoms with Gasteiger partial charge in [0.05, 0.1) is 0 Å². The maximum absolute atomic E-state index is 9.75. The minimum atomic E-state index is 0.0706. The van der Waals surface area contributed by atoms with E-state index in [1.165, 1.54) is 6.07 Å². The Hall–Kier alpha value is -2.52. The molecule has 104 valence electrons. The van der Waals surface area contributed by atoms with Gasteiger partial charge in [-0.1, -0.05) is 29.8 Å². The molecule has 3 aromatic rings. The van der Waals surface area contributed by atoms with Gasteiger partial charge in [-0.3, -0.25) is 4.99 Å². The van der Waals surface area contributed by atoms with Gasteiger partial charge < -0.3 is 9.67 Å². The summed E-state index contributed by atoms with van der Waals surface area (Å²) >= 11 is 5.79. The van der Waals surface area contributed by atoms with Crippen LogP contribution in [0.1, 0.15) is 5.56 Å². The predicted octanol–water partition coefficient (Wildman–Crippen LogP) is 4.59. The van der Waals surface area contributed by atoms with Gasteiger partial charge in [-0.25, -0.2) is 0 Å². The molecule has 0 aliphatic heterocycles. The molecule has 2 aromatic carbocycles. The first-order chi connectivity index (χ1) is 10.2. The zero-order valence-corrected chi connectivity index (χ0v) is 11.9. The lowest BCUT2D eigenvalue weighted by Gasteiger charge is -2.00. The van der Waals surface area contributed by atoms with Gasteiger partial charge in [-0.05, 0) is 30.3 Å². The van der Waals surface area contributed by atoms with Crippen LogP contribution in [-0.4, -0.2) is 15.9 Å². The number of phenols is 1. The fraction of sp³-hybridized carbons (Fsp3) is 0. The van der Waals surface area contributed by atoms with Crippen molar-refractivity contribution >= 4 is 23.5 Å². The van der Waals surface area contributed by atoms with Gasteiger partial charge in [-0.15, -0.1) is 0 Å². The molecule has 1 N–H and O–H groups in total. The van der Waals surface area contributed by atoms with E-state index >= 15 is 0 Å². The molecular formula is C17H13ClN2O. The highest BCUT2D eigenvalue weighted by Crippen LogP contribution is 2.29. The molecule has 0 unspecified atom stereocenters. The Morgan fingerprint density at radius 1 is 1.05 bits per heavy atom. The van der Waals surface area contributed by atoms with Crippen LogP contribution in [0.25, 0.3) is 5.69 Å². The van der Waals surface area contributed by atoms with Crippen LogP contribution in [0.5, 0.6) is 5.75 Å². The maximum atomic E-state index is 9.75. The van der Waals surface area contributed by atoms with E-state index in [0.717, 1.165) is 11.3 Å². The van der Waals surface area contributed by atoms with Crippen LogP contribution in [0.15, 0.2) is 72.0 Å². The van der Waals surface area contributed by atoms with Crippen LogP contribution in [0.4, 0.5) is 5.69 Å². The Morgan fingerprint density at radius 2 is 1.86 bits per heavy atom. The number of hydrogen-bond donors (Lipinski definition) is 1. The highest BCUT2D eigenvalue weighted by Gasteiger charge is 2.00. The minimum Gasteiger partial charge on any atom is -0.506 e. The normalized spacial score (nSPS) is 11.1. The molecule has 0 aliphatic carbocycles. The van der Waals surface area contributed by atoms with Crippen LogP contribution < -0.4 is 0 Å². The molecule has 1 heterocycles. The SMILES string of the molecule is Oc1cc(Cl)ccc1N=Cc1ccn(-c2ccccc2)c1. The molecule has 3 nitrogen and oxygen atoms in total. The highest BCUT2D eigenvalue weighted by atomic mass is 35.5. The van der Waals surface area contributed by atoms with E-state index in [1.807, 2.05) is 53.4 Å². The lowest BCUT2D eigenvalue weighted by Crippen LogP contribution is -1.88. The molecule has 0 saturated heterocycles. The zero-order valence-electron chi connectivity index (χ0n) is 11.1. The summed E-state index contributed by atoms with van der Waals surface area (Å²) in [5.74, 6) is 0.0706. The topological polar surface area (TPSA) is 37.5 Å². The number of benzene rings is 2. The summed E-state index contributed by atoms with van der Waals surface area (Å²) in [6.45, 7) is 0. The van der Waals surface area contributed by atoms with Crippen LogP contribution >= 0.6 is 11.6 Å². The van der Waals surface area contributed by atoms with E-state index in [1.54, 1.807) is 18.3 Å². The standard InChI is InChI=1S/C17H13ClN2O/c18-14-6-7-16(17(21)10-14)19-11-13-8-9-20(12-13)15-4-2-1-3-5-15/h1-12,21H. The number of halogens is 1. The summed E-state index contributed by atoms with van der Waals surface area (Å²) < 4.78 is 2.02. The summed E-state index contributed by atoms with van der Waals surface area (Å²) in [4.78, 5) is 4.28. The van der Waals surface area contributed by atoms with Crippen molar-refractivity contribution in [3.8, 4) is 11.4 Å². The highest BCUT2D eigenvalue weighted by molar-refractivity contribution is 6.30. The second-order valence-electron chi connectivity index (χ2n) is 4.58. The van der Waals surface area contributed by atoms with Crippen molar-refractivity contribution in [3.05, 3.63) is 77.6 Å². The molecular weight excluding hydrogens is 284 g/mol. The second-order valence-corrected chi connectivity index (χ2v) is 5.02. The molecule has 0 saturated carbocycles. The van der Waals surface area contributed by atoms with Gasteiger partial charge >= 0.3 is 0 Å². The van der Waals surface area contributed by atoms with Crippen molar-refractivity contribution in [2.75, 3.05) is 0 Å². The van der Waals surface area contributed by atoms with Crippen LogP contribution in [0.2, 0.25) is 5.02 Å². The van der Waals surface area contributed by atoms with Crippen molar-refractivity contribution in [3.63, 3.8) is 0 Å². The van der Waals surface area contributed by atoms with Crippen molar-refractivity contribution in [1.82, 2.24) is 4.57 Å². The van der Waals surface area contributed by atoms with Gasteiger partial charge in [0.1, 0.15) is 11.4 Å². The molecule has 0 aliphatic rings. The summed E-state index contributed by atoms with van der Waals surface area (Å²) in [6, 6.07) is 16.9. The molecule has 21 heavy (non-hydrogen) atoms. The molecule has 0 bridgehead atoms. The fourth-order valence-corrected chi connectivity index (χ4v) is 2.17. The average molecular weight is 297 g/mol. The molecule has 0 spiro atoms. The molecule has 0 radical (unpaired) electrons. The Morgan fingerprint density at radius 3 is 2.62 bits per heavy atom. The lowest BCUT2D eigenvalue weighted by atomic mass is 10.3. The number of nitrogens with zero attached hydrogens (tertiary/aromatic N) is 2. The van der Waals surface area contributed by atoms with E-state index in [2.05, 4.69) is 4.99 Å². The second kappa shape index (κ2) is 5.85. The predicted molar refractivity (Wildman–Crippen MR) is 86.1 cm³/mol. The largest absolute Gasteiger partial charge is 0.506 e. The Kier molecular flexibility index (Phi) is 3.75. The van der Waals surface area contributed by atoms with Crippen molar-refractivity contribution in [2.24, 2.45) is 4.99 Å². The van der Waals surface area contributed by atoms with E-state index in [9.17, 15) is 5.11 Å². The van der Waals surface area contributed by atoms with Crippen LogP contribution in [-0.2, 0) is 0 Å². The zero-order chi connectivity index (χ0) is 14.7. The monoisotopic (exact) mass is 296 g/mol. The fourth-order valence-electron chi connectivity index (χ4n) is 2.00. The van der Waals surface area contributed by atoms with Gasteiger partial charge in [0, 0.05) is 40.9 Å². The first-order valence-electron chi connectivity index (χ1n) is 6.48. The molecule has 4 heteroatoms. The third-order valence-electron chi connectivity index (χ3n) is 3.06. The maximum Gasteiger partial charge on any atom is 0.142 e. The summed E-state index contributed by atoms with van der Waals surface area (Å²) in [5, 5.41) is 10.2. The van der Waals surface area contributed by atoms with Gasteiger partial charge in [-0.2, -0.15) is 0 Å². The van der Waals surface area contributed by atoms with Crippen molar-refractivity contribution in [2.45, 2.75) is 0 Å². The third kappa shape index (κ3) is 3.15. The summed E-state index contributed by atoms with van der Waals surface area (Å²) in [7, 11) is 0. The third-order valence-corrected chi connectivity index (χ3v) is 3.30. The Bertz CT molecular complexity index is 778. The Labute approximate surface area is 127 Å². The van der Waals surface area contributed by atoms with Gasteiger partial charge in [0.15, 0.2) is 0 Å². The average Bonchev–Trinajstić information content (AvgIpc) is 2.96. The van der Waals surface area contributed by atoms with E-state index in [-0.39, 0.29) is 5.75 Å². The number of rotatable bonds is 3. The van der Waals surface area contributed by atoms with Gasteiger partial charge in [0.2, 0.25) is 0 Å². The molecule has 3 rings (SSSR count). The lowest BCUT2D eigenvalue weighted by molar-refractivity contribution is 0.477. The van der Waals surface area contributed by atoms with Crippen LogP contribution in [0.3, 0.4) is 0 Å². The molecule has 0 amide bonds. The van der Waals surface area contributed by atoms with Crippen molar-refractivity contribution in [1.29, 1.82) is 0 Å². The van der Waals surface area contributed by atoms with E-state index < -0.39 is 0 Å². The number of aromatic hydroxyl groups is 1. The van der Waals surface area contributed by atoms with Crippen LogP contribution in [0, 0.1) is 0 Å². The Balaban J connectivity index is 1.83. The first-order valence-corrected chi connectivity index (χ1v) is 6.86. The number of para-hydroxylation sites is 1. The van der Waals surface area contributed by atoms with Gasteiger partial charge in [0.25, 0.3) is 0 Å². The van der Waals surface area contributed by atoms with Crippen molar-refractivity contribution < 1.29 is 5.11 Å². The minimum absolute atomic E-state index is 0.0706. The number of hydrogen-bond acceptors (Lipinski definition) is 2. The molecule has 0 fully saturated rings. The molecule has 1 aromatic heterocycles. The smallest absolute Gasteiger partial charge is 0.142 e. The summed E-state index contributed by atoms with van der Waals surface area (Å²) in [5.41, 5.74) is 2.53. The molecule has 0 atom stereocenters. The number of aliphatic imine (C=N–C) groups is 1. The van der Waals surface area contributed by atoms with E-state index in [4.69, 9.17) is 11.6 Å². The quantitative estimate of drug-likeness (QED) is 0.705. The number of aromatic nitrogens is 1.